The Morgan fingerprint density at radius 2 is 2.07 bits per heavy atom. The number of fused-ring (bicyclic) bond motifs is 1. The van der Waals surface area contributed by atoms with Gasteiger partial charge in [0.25, 0.3) is 5.91 Å². The Morgan fingerprint density at radius 1 is 1.30 bits per heavy atom. The largest absolute Gasteiger partial charge is 0.434 e. The molecule has 6 nitrogen and oxygen atoms in total. The van der Waals surface area contributed by atoms with Crippen LogP contribution in [0.1, 0.15) is 18.1 Å². The van der Waals surface area contributed by atoms with E-state index in [-0.39, 0.29) is 18.2 Å². The van der Waals surface area contributed by atoms with E-state index in [0.29, 0.717) is 11.3 Å². The van der Waals surface area contributed by atoms with Crippen molar-refractivity contribution in [1.82, 2.24) is 15.0 Å². The lowest BCUT2D eigenvalue weighted by molar-refractivity contribution is -0.121. The van der Waals surface area contributed by atoms with E-state index in [1.807, 2.05) is 31.2 Å². The first-order chi connectivity index (χ1) is 12.9. The van der Waals surface area contributed by atoms with Crippen LogP contribution in [0, 0.1) is 6.92 Å². The molecule has 0 aliphatic heterocycles. The van der Waals surface area contributed by atoms with Gasteiger partial charge in [-0.05, 0) is 38.1 Å². The first kappa shape index (κ1) is 18.5. The van der Waals surface area contributed by atoms with Gasteiger partial charge in [-0.15, -0.1) is 0 Å². The van der Waals surface area contributed by atoms with Crippen LogP contribution in [0.3, 0.4) is 0 Å². The number of hydrogen-bond acceptors (Lipinski definition) is 4. The summed E-state index contributed by atoms with van der Waals surface area (Å²) in [5.41, 5.74) is 5.67. The molecule has 140 valence electrons. The molecule has 27 heavy (non-hydrogen) atoms. The molecule has 0 atom stereocenters. The highest BCUT2D eigenvalue weighted by atomic mass is 19.3. The van der Waals surface area contributed by atoms with Crippen molar-refractivity contribution >= 4 is 22.7 Å². The van der Waals surface area contributed by atoms with Gasteiger partial charge < -0.3 is 9.30 Å². The molecule has 1 amide bonds. The Kier molecular flexibility index (Phi) is 5.44. The molecule has 0 aliphatic rings. The summed E-state index contributed by atoms with van der Waals surface area (Å²) < 4.78 is 31.4. The summed E-state index contributed by atoms with van der Waals surface area (Å²) in [6.45, 7) is 0.528. The van der Waals surface area contributed by atoms with Gasteiger partial charge in [-0.3, -0.25) is 4.79 Å². The molecule has 2 aromatic carbocycles. The van der Waals surface area contributed by atoms with Crippen molar-refractivity contribution in [3.63, 3.8) is 0 Å². The van der Waals surface area contributed by atoms with E-state index in [4.69, 9.17) is 0 Å². The third kappa shape index (κ3) is 4.46. The molecule has 1 N–H and O–H groups in total. The van der Waals surface area contributed by atoms with Crippen LogP contribution < -0.4 is 10.2 Å². The lowest BCUT2D eigenvalue weighted by atomic mass is 10.1. The number of benzene rings is 2. The number of carbonyl (C=O) groups is 1. The number of hydrazone groups is 1. The van der Waals surface area contributed by atoms with E-state index in [9.17, 15) is 13.6 Å². The van der Waals surface area contributed by atoms with Crippen molar-refractivity contribution in [3.05, 3.63) is 59.9 Å². The molecular weight excluding hydrogens is 354 g/mol. The Labute approximate surface area is 154 Å². The number of hydrogen-bond donors (Lipinski definition) is 1. The molecule has 0 saturated heterocycles. The molecule has 0 aliphatic carbocycles. The van der Waals surface area contributed by atoms with Crippen molar-refractivity contribution in [2.75, 3.05) is 0 Å². The van der Waals surface area contributed by atoms with E-state index >= 15 is 0 Å². The molecule has 3 aromatic rings. The summed E-state index contributed by atoms with van der Waals surface area (Å²) >= 11 is 0. The number of aryl methyl sites for hydroxylation is 1. The number of rotatable bonds is 6. The number of para-hydroxylation sites is 2. The molecule has 0 bridgehead atoms. The minimum absolute atomic E-state index is 0.00621. The van der Waals surface area contributed by atoms with Crippen LogP contribution in [0.15, 0.2) is 53.9 Å². The summed E-state index contributed by atoms with van der Waals surface area (Å²) in [6.07, 6.45) is 1.58. The number of halogens is 2. The zero-order valence-corrected chi connectivity index (χ0v) is 14.8. The average Bonchev–Trinajstić information content (AvgIpc) is 3.04. The molecule has 3 rings (SSSR count). The molecular formula is C19H18F2N4O2. The molecule has 0 spiro atoms. The van der Waals surface area contributed by atoms with E-state index in [2.05, 4.69) is 20.2 Å². The molecule has 0 unspecified atom stereocenters. The van der Waals surface area contributed by atoms with Gasteiger partial charge in [-0.25, -0.2) is 10.4 Å². The Hall–Kier alpha value is -3.29. The first-order valence-electron chi connectivity index (χ1n) is 8.23. The van der Waals surface area contributed by atoms with Crippen LogP contribution in [0.2, 0.25) is 0 Å². The molecule has 8 heteroatoms. The zero-order valence-electron chi connectivity index (χ0n) is 14.8. The standard InChI is InChI=1S/C19H18F2N4O2/c1-12-7-8-17(27-19(20)21)14(9-12)13(2)23-24-18(26)10-25-11-22-15-5-3-4-6-16(15)25/h3-9,11,19H,10H2,1-2H3,(H,24,26)/b23-13-. The van der Waals surface area contributed by atoms with Crippen molar-refractivity contribution in [3.8, 4) is 5.75 Å². The van der Waals surface area contributed by atoms with Crippen LogP contribution in [0.25, 0.3) is 11.0 Å². The monoisotopic (exact) mass is 372 g/mol. The van der Waals surface area contributed by atoms with Crippen LogP contribution in [-0.4, -0.2) is 27.8 Å². The lowest BCUT2D eigenvalue weighted by Crippen LogP contribution is -2.24. The second-order valence-electron chi connectivity index (χ2n) is 5.97. The van der Waals surface area contributed by atoms with Gasteiger partial charge >= 0.3 is 6.61 Å². The Bertz CT molecular complexity index is 998. The maximum absolute atomic E-state index is 12.6. The molecule has 1 heterocycles. The maximum atomic E-state index is 12.6. The highest BCUT2D eigenvalue weighted by molar-refractivity contribution is 6.01. The first-order valence-corrected chi connectivity index (χ1v) is 8.23. The highest BCUT2D eigenvalue weighted by Crippen LogP contribution is 2.22. The molecule has 0 fully saturated rings. The van der Waals surface area contributed by atoms with E-state index < -0.39 is 6.61 Å². The van der Waals surface area contributed by atoms with Crippen molar-refractivity contribution in [1.29, 1.82) is 0 Å². The number of nitrogens with one attached hydrogen (secondary N) is 1. The number of amides is 1. The second-order valence-corrected chi connectivity index (χ2v) is 5.97. The van der Waals surface area contributed by atoms with Crippen molar-refractivity contribution in [2.45, 2.75) is 27.0 Å². The number of carbonyl (C=O) groups excluding carboxylic acids is 1. The third-order valence-electron chi connectivity index (χ3n) is 3.93. The molecule has 0 radical (unpaired) electrons. The number of ether oxygens (including phenoxy) is 1. The Morgan fingerprint density at radius 3 is 2.85 bits per heavy atom. The van der Waals surface area contributed by atoms with Gasteiger partial charge in [0.15, 0.2) is 0 Å². The van der Waals surface area contributed by atoms with Crippen LogP contribution in [0.4, 0.5) is 8.78 Å². The fourth-order valence-corrected chi connectivity index (χ4v) is 2.66. The fourth-order valence-electron chi connectivity index (χ4n) is 2.66. The second kappa shape index (κ2) is 7.94. The van der Waals surface area contributed by atoms with Gasteiger partial charge in [0.2, 0.25) is 0 Å². The van der Waals surface area contributed by atoms with E-state index in [0.717, 1.165) is 16.6 Å². The van der Waals surface area contributed by atoms with Gasteiger partial charge in [0.05, 0.1) is 23.1 Å². The van der Waals surface area contributed by atoms with Gasteiger partial charge in [0.1, 0.15) is 12.3 Å². The minimum atomic E-state index is -2.94. The SMILES string of the molecule is C/C(=N/NC(=O)Cn1cnc2ccccc21)c1cc(C)ccc1OC(F)F. The molecule has 0 saturated carbocycles. The number of aromatic nitrogens is 2. The maximum Gasteiger partial charge on any atom is 0.387 e. The number of nitrogens with zero attached hydrogens (tertiary/aromatic N) is 3. The summed E-state index contributed by atoms with van der Waals surface area (Å²) in [5, 5.41) is 4.02. The average molecular weight is 372 g/mol. The quantitative estimate of drug-likeness (QED) is 0.532. The summed E-state index contributed by atoms with van der Waals surface area (Å²) in [4.78, 5) is 16.4. The van der Waals surface area contributed by atoms with Crippen molar-refractivity contribution < 1.29 is 18.3 Å². The van der Waals surface area contributed by atoms with E-state index in [1.54, 1.807) is 30.0 Å². The van der Waals surface area contributed by atoms with Gasteiger partial charge in [0, 0.05) is 5.56 Å². The smallest absolute Gasteiger partial charge is 0.387 e. The third-order valence-corrected chi connectivity index (χ3v) is 3.93. The van der Waals surface area contributed by atoms with Crippen LogP contribution in [0.5, 0.6) is 5.75 Å². The highest BCUT2D eigenvalue weighted by Gasteiger charge is 2.13. The molecule has 1 aromatic heterocycles. The van der Waals surface area contributed by atoms with E-state index in [1.165, 1.54) is 6.07 Å². The summed E-state index contributed by atoms with van der Waals surface area (Å²) in [6, 6.07) is 12.2. The lowest BCUT2D eigenvalue weighted by Gasteiger charge is -2.11. The summed E-state index contributed by atoms with van der Waals surface area (Å²) in [5.74, 6) is -0.354. The minimum Gasteiger partial charge on any atom is -0.434 e. The summed E-state index contributed by atoms with van der Waals surface area (Å²) in [7, 11) is 0. The predicted molar refractivity (Wildman–Crippen MR) is 97.9 cm³/mol. The zero-order chi connectivity index (χ0) is 19.4. The van der Waals surface area contributed by atoms with Crippen molar-refractivity contribution in [2.24, 2.45) is 5.10 Å². The van der Waals surface area contributed by atoms with Gasteiger partial charge in [-0.1, -0.05) is 23.8 Å². The number of alkyl halides is 2. The number of imidazole rings is 1. The predicted octanol–water partition coefficient (Wildman–Crippen LogP) is 3.49. The Balaban J connectivity index is 1.73. The fraction of sp³-hybridized carbons (Fsp3) is 0.211. The van der Waals surface area contributed by atoms with Crippen LogP contribution >= 0.6 is 0 Å². The van der Waals surface area contributed by atoms with Gasteiger partial charge in [-0.2, -0.15) is 13.9 Å². The van der Waals surface area contributed by atoms with Crippen LogP contribution in [-0.2, 0) is 11.3 Å². The topological polar surface area (TPSA) is 68.5 Å². The normalized spacial score (nSPS) is 11.8.